The van der Waals surface area contributed by atoms with Gasteiger partial charge in [-0.1, -0.05) is 41.9 Å². The van der Waals surface area contributed by atoms with Crippen molar-refractivity contribution in [3.8, 4) is 5.75 Å². The van der Waals surface area contributed by atoms with Gasteiger partial charge in [-0.15, -0.1) is 17.0 Å². The SMILES string of the molecule is Br.COc1ccc(CCNCc2ccccc2Cl)cc1. The molecule has 0 heterocycles. The zero-order valence-electron chi connectivity index (χ0n) is 11.4. The van der Waals surface area contributed by atoms with E-state index in [1.807, 2.05) is 36.4 Å². The Balaban J connectivity index is 0.00000200. The number of hydrogen-bond acceptors (Lipinski definition) is 2. The maximum Gasteiger partial charge on any atom is 0.118 e. The van der Waals surface area contributed by atoms with Crippen LogP contribution >= 0.6 is 28.6 Å². The lowest BCUT2D eigenvalue weighted by Gasteiger charge is -2.07. The summed E-state index contributed by atoms with van der Waals surface area (Å²) in [5, 5.41) is 4.22. The first-order valence-electron chi connectivity index (χ1n) is 6.36. The van der Waals surface area contributed by atoms with Crippen LogP contribution in [0.2, 0.25) is 5.02 Å². The van der Waals surface area contributed by atoms with Crippen LogP contribution in [0.3, 0.4) is 0 Å². The molecule has 2 nitrogen and oxygen atoms in total. The first kappa shape index (κ1) is 17.0. The van der Waals surface area contributed by atoms with Crippen LogP contribution in [0.5, 0.6) is 5.75 Å². The van der Waals surface area contributed by atoms with Crippen molar-refractivity contribution in [3.63, 3.8) is 0 Å². The molecule has 0 aliphatic heterocycles. The fourth-order valence-electron chi connectivity index (χ4n) is 1.89. The molecule has 108 valence electrons. The second-order valence-electron chi connectivity index (χ2n) is 4.37. The zero-order chi connectivity index (χ0) is 13.5. The van der Waals surface area contributed by atoms with E-state index in [0.29, 0.717) is 0 Å². The Labute approximate surface area is 135 Å². The molecule has 0 unspecified atom stereocenters. The second-order valence-corrected chi connectivity index (χ2v) is 4.77. The van der Waals surface area contributed by atoms with Gasteiger partial charge in [-0.3, -0.25) is 0 Å². The van der Waals surface area contributed by atoms with Crippen molar-refractivity contribution in [1.29, 1.82) is 0 Å². The summed E-state index contributed by atoms with van der Waals surface area (Å²) in [6.07, 6.45) is 0.994. The predicted octanol–water partition coefficient (Wildman–Crippen LogP) is 4.26. The van der Waals surface area contributed by atoms with Crippen molar-refractivity contribution in [2.75, 3.05) is 13.7 Å². The quantitative estimate of drug-likeness (QED) is 0.781. The summed E-state index contributed by atoms with van der Waals surface area (Å²) in [5.41, 5.74) is 2.44. The minimum atomic E-state index is 0. The van der Waals surface area contributed by atoms with Crippen LogP contribution in [-0.2, 0) is 13.0 Å². The van der Waals surface area contributed by atoms with Gasteiger partial charge in [0.1, 0.15) is 5.75 Å². The Morgan fingerprint density at radius 2 is 1.75 bits per heavy atom. The molecular formula is C16H19BrClNO. The zero-order valence-corrected chi connectivity index (χ0v) is 13.9. The van der Waals surface area contributed by atoms with E-state index in [-0.39, 0.29) is 17.0 Å². The van der Waals surface area contributed by atoms with Crippen LogP contribution in [0.4, 0.5) is 0 Å². The van der Waals surface area contributed by atoms with Gasteiger partial charge < -0.3 is 10.1 Å². The number of methoxy groups -OCH3 is 1. The average molecular weight is 357 g/mol. The van der Waals surface area contributed by atoms with Gasteiger partial charge in [-0.2, -0.15) is 0 Å². The van der Waals surface area contributed by atoms with Gasteiger partial charge in [-0.05, 0) is 42.3 Å². The van der Waals surface area contributed by atoms with Gasteiger partial charge in [0.25, 0.3) is 0 Å². The van der Waals surface area contributed by atoms with Crippen LogP contribution in [0.25, 0.3) is 0 Å². The highest BCUT2D eigenvalue weighted by Crippen LogP contribution is 2.14. The highest BCUT2D eigenvalue weighted by atomic mass is 79.9. The fraction of sp³-hybridized carbons (Fsp3) is 0.250. The van der Waals surface area contributed by atoms with Crippen LogP contribution in [-0.4, -0.2) is 13.7 Å². The Hall–Kier alpha value is -1.03. The molecule has 0 saturated carbocycles. The van der Waals surface area contributed by atoms with Gasteiger partial charge in [0, 0.05) is 11.6 Å². The summed E-state index contributed by atoms with van der Waals surface area (Å²) >= 11 is 6.10. The van der Waals surface area contributed by atoms with Crippen molar-refractivity contribution in [2.45, 2.75) is 13.0 Å². The standard InChI is InChI=1S/C16H18ClNO.BrH/c1-19-15-8-6-13(7-9-15)10-11-18-12-14-4-2-3-5-16(14)17;/h2-9,18H,10-12H2,1H3;1H. The molecule has 1 N–H and O–H groups in total. The topological polar surface area (TPSA) is 21.3 Å². The minimum Gasteiger partial charge on any atom is -0.497 e. The average Bonchev–Trinajstić information content (AvgIpc) is 2.46. The van der Waals surface area contributed by atoms with E-state index in [2.05, 4.69) is 17.4 Å². The summed E-state index contributed by atoms with van der Waals surface area (Å²) in [6, 6.07) is 16.1. The van der Waals surface area contributed by atoms with E-state index >= 15 is 0 Å². The number of nitrogens with one attached hydrogen (secondary N) is 1. The molecular weight excluding hydrogens is 338 g/mol. The van der Waals surface area contributed by atoms with E-state index in [4.69, 9.17) is 16.3 Å². The molecule has 20 heavy (non-hydrogen) atoms. The van der Waals surface area contributed by atoms with Gasteiger partial charge in [0.2, 0.25) is 0 Å². The van der Waals surface area contributed by atoms with Crippen LogP contribution < -0.4 is 10.1 Å². The number of hydrogen-bond donors (Lipinski definition) is 1. The fourth-order valence-corrected chi connectivity index (χ4v) is 2.09. The molecule has 0 fully saturated rings. The molecule has 0 amide bonds. The monoisotopic (exact) mass is 355 g/mol. The van der Waals surface area contributed by atoms with Gasteiger partial charge in [0.15, 0.2) is 0 Å². The molecule has 0 radical (unpaired) electrons. The van der Waals surface area contributed by atoms with Crippen molar-refractivity contribution >= 4 is 28.6 Å². The lowest BCUT2D eigenvalue weighted by molar-refractivity contribution is 0.414. The maximum atomic E-state index is 6.10. The Bertz CT molecular complexity index is 516. The molecule has 4 heteroatoms. The summed E-state index contributed by atoms with van der Waals surface area (Å²) in [6.45, 7) is 1.73. The van der Waals surface area contributed by atoms with E-state index < -0.39 is 0 Å². The van der Waals surface area contributed by atoms with E-state index in [1.165, 1.54) is 5.56 Å². The van der Waals surface area contributed by atoms with Crippen molar-refractivity contribution in [1.82, 2.24) is 5.32 Å². The van der Waals surface area contributed by atoms with Crippen molar-refractivity contribution in [3.05, 3.63) is 64.7 Å². The molecule has 0 atom stereocenters. The van der Waals surface area contributed by atoms with Crippen molar-refractivity contribution < 1.29 is 4.74 Å². The lowest BCUT2D eigenvalue weighted by Crippen LogP contribution is -2.16. The smallest absolute Gasteiger partial charge is 0.118 e. The molecule has 0 aliphatic rings. The molecule has 0 saturated heterocycles. The summed E-state index contributed by atoms with van der Waals surface area (Å²) in [4.78, 5) is 0. The lowest BCUT2D eigenvalue weighted by atomic mass is 10.1. The molecule has 0 aromatic heterocycles. The molecule has 2 aromatic carbocycles. The Morgan fingerprint density at radius 3 is 2.40 bits per heavy atom. The third-order valence-electron chi connectivity index (χ3n) is 3.02. The van der Waals surface area contributed by atoms with Crippen LogP contribution in [0.1, 0.15) is 11.1 Å². The molecule has 0 aliphatic carbocycles. The second kappa shape index (κ2) is 9.01. The van der Waals surface area contributed by atoms with Gasteiger partial charge in [0.05, 0.1) is 7.11 Å². The number of benzene rings is 2. The first-order valence-corrected chi connectivity index (χ1v) is 6.74. The summed E-state index contributed by atoms with van der Waals surface area (Å²) < 4.78 is 5.14. The molecule has 0 spiro atoms. The predicted molar refractivity (Wildman–Crippen MR) is 90.2 cm³/mol. The molecule has 2 rings (SSSR count). The third-order valence-corrected chi connectivity index (χ3v) is 3.39. The highest BCUT2D eigenvalue weighted by Gasteiger charge is 1.98. The van der Waals surface area contributed by atoms with Crippen molar-refractivity contribution in [2.24, 2.45) is 0 Å². The number of halogens is 2. The van der Waals surface area contributed by atoms with E-state index in [1.54, 1.807) is 7.11 Å². The maximum absolute atomic E-state index is 6.10. The summed E-state index contributed by atoms with van der Waals surface area (Å²) in [7, 11) is 1.68. The molecule has 0 bridgehead atoms. The van der Waals surface area contributed by atoms with Gasteiger partial charge in [-0.25, -0.2) is 0 Å². The number of ether oxygens (including phenoxy) is 1. The van der Waals surface area contributed by atoms with E-state index in [9.17, 15) is 0 Å². The summed E-state index contributed by atoms with van der Waals surface area (Å²) in [5.74, 6) is 0.896. The van der Waals surface area contributed by atoms with Crippen LogP contribution in [0, 0.1) is 0 Å². The Kier molecular flexibility index (Phi) is 7.67. The Morgan fingerprint density at radius 1 is 1.05 bits per heavy atom. The normalized spacial score (nSPS) is 9.90. The highest BCUT2D eigenvalue weighted by molar-refractivity contribution is 8.93. The van der Waals surface area contributed by atoms with Crippen LogP contribution in [0.15, 0.2) is 48.5 Å². The third kappa shape index (κ3) is 5.16. The minimum absolute atomic E-state index is 0. The number of rotatable bonds is 6. The molecule has 2 aromatic rings. The van der Waals surface area contributed by atoms with Gasteiger partial charge >= 0.3 is 0 Å². The largest absolute Gasteiger partial charge is 0.497 e. The first-order chi connectivity index (χ1) is 9.29. The van der Waals surface area contributed by atoms with E-state index in [0.717, 1.165) is 35.8 Å².